The number of nitrogens with one attached hydrogen (secondary N) is 2. The van der Waals surface area contributed by atoms with Crippen LogP contribution in [0.4, 0.5) is 0 Å². The van der Waals surface area contributed by atoms with Gasteiger partial charge < -0.3 is 10.6 Å². The van der Waals surface area contributed by atoms with Crippen LogP contribution >= 0.6 is 47.1 Å². The summed E-state index contributed by atoms with van der Waals surface area (Å²) in [4.78, 5) is 13.4. The van der Waals surface area contributed by atoms with Crippen LogP contribution in [0.3, 0.4) is 0 Å². The number of rotatable bonds is 8. The third-order valence-corrected chi connectivity index (χ3v) is 5.79. The number of aliphatic imine (C=N–C) groups is 1. The minimum absolute atomic E-state index is 0. The fourth-order valence-electron chi connectivity index (χ4n) is 2.52. The second-order valence-corrected chi connectivity index (χ2v) is 7.85. The first kappa shape index (κ1) is 21.9. The quantitative estimate of drug-likeness (QED) is 0.152. The van der Waals surface area contributed by atoms with Gasteiger partial charge in [0.2, 0.25) is 0 Å². The topological polar surface area (TPSA) is 62.2 Å². The van der Waals surface area contributed by atoms with Gasteiger partial charge in [0.05, 0.1) is 12.1 Å². The van der Waals surface area contributed by atoms with Crippen LogP contribution in [0, 0.1) is 0 Å². The Morgan fingerprint density at radius 1 is 1.15 bits per heavy atom. The van der Waals surface area contributed by atoms with E-state index < -0.39 is 0 Å². The highest BCUT2D eigenvalue weighted by Crippen LogP contribution is 2.20. The highest BCUT2D eigenvalue weighted by Gasteiger charge is 2.02. The molecule has 0 aliphatic heterocycles. The van der Waals surface area contributed by atoms with E-state index in [4.69, 9.17) is 4.99 Å². The normalized spacial score (nSPS) is 11.2. The third-order valence-electron chi connectivity index (χ3n) is 3.74. The molecule has 0 fully saturated rings. The molecule has 3 rings (SSSR count). The highest BCUT2D eigenvalue weighted by molar-refractivity contribution is 14.0. The summed E-state index contributed by atoms with van der Waals surface area (Å²) >= 11 is 3.50. The molecule has 0 aliphatic rings. The minimum Gasteiger partial charge on any atom is -0.357 e. The predicted molar refractivity (Wildman–Crippen MR) is 127 cm³/mol. The molecule has 2 heterocycles. The maximum Gasteiger partial charge on any atom is 0.191 e. The van der Waals surface area contributed by atoms with Crippen LogP contribution in [-0.4, -0.2) is 34.8 Å². The molecular weight excluding hydrogens is 489 g/mol. The van der Waals surface area contributed by atoms with Gasteiger partial charge in [0.15, 0.2) is 5.96 Å². The van der Waals surface area contributed by atoms with Crippen molar-refractivity contribution in [2.24, 2.45) is 4.99 Å². The van der Waals surface area contributed by atoms with Gasteiger partial charge in [0.25, 0.3) is 0 Å². The van der Waals surface area contributed by atoms with Gasteiger partial charge in [-0.1, -0.05) is 30.0 Å². The third kappa shape index (κ3) is 6.93. The number of thioether (sulfide) groups is 1. The molecule has 0 saturated heterocycles. The average molecular weight is 513 g/mol. The summed E-state index contributed by atoms with van der Waals surface area (Å²) in [6.07, 6.45) is 4.76. The molecule has 1 aromatic carbocycles. The van der Waals surface area contributed by atoms with Crippen molar-refractivity contribution in [1.82, 2.24) is 20.6 Å². The maximum atomic E-state index is 4.73. The molecule has 0 saturated carbocycles. The Bertz CT molecular complexity index is 834. The molecule has 0 spiro atoms. The molecule has 3 aromatic rings. The van der Waals surface area contributed by atoms with Gasteiger partial charge in [-0.25, -0.2) is 9.98 Å². The van der Waals surface area contributed by atoms with Gasteiger partial charge in [-0.15, -0.1) is 35.3 Å². The van der Waals surface area contributed by atoms with Gasteiger partial charge >= 0.3 is 0 Å². The number of guanidine groups is 1. The van der Waals surface area contributed by atoms with E-state index in [2.05, 4.69) is 33.6 Å². The van der Waals surface area contributed by atoms with Crippen LogP contribution in [0.5, 0.6) is 0 Å². The fourth-order valence-corrected chi connectivity index (χ4v) is 4.17. The van der Waals surface area contributed by atoms with Crippen molar-refractivity contribution >= 4 is 63.9 Å². The van der Waals surface area contributed by atoms with Gasteiger partial charge in [0, 0.05) is 42.0 Å². The van der Waals surface area contributed by atoms with Crippen molar-refractivity contribution in [2.45, 2.75) is 24.2 Å². The average Bonchev–Trinajstić information content (AvgIpc) is 3.19. The summed E-state index contributed by atoms with van der Waals surface area (Å²) < 4.78 is 1.13. The SMILES string of the molecule is CCNC(=NCc1ccnc2ccccc12)NCCCSc1nccs1.I. The zero-order chi connectivity index (χ0) is 18.0. The number of pyridine rings is 1. The largest absolute Gasteiger partial charge is 0.357 e. The lowest BCUT2D eigenvalue weighted by atomic mass is 10.1. The minimum atomic E-state index is 0. The zero-order valence-corrected chi connectivity index (χ0v) is 19.2. The highest BCUT2D eigenvalue weighted by atomic mass is 127. The first-order valence-electron chi connectivity index (χ1n) is 8.74. The molecule has 8 heteroatoms. The standard InChI is InChI=1S/C19H23N5S2.HI/c1-2-20-18(22-9-5-12-25-19-23-11-13-26-19)24-14-15-8-10-21-17-7-4-3-6-16(15)17;/h3-4,6-8,10-11,13H,2,5,9,12,14H2,1H3,(H2,20,22,24);1H. The number of thiazole rings is 1. The van der Waals surface area contributed by atoms with E-state index in [9.17, 15) is 0 Å². The summed E-state index contributed by atoms with van der Waals surface area (Å²) in [5.74, 6) is 1.90. The fraction of sp³-hybridized carbons (Fsp3) is 0.316. The van der Waals surface area contributed by atoms with E-state index in [1.165, 1.54) is 5.56 Å². The summed E-state index contributed by atoms with van der Waals surface area (Å²) in [6, 6.07) is 10.2. The van der Waals surface area contributed by atoms with E-state index >= 15 is 0 Å². The monoisotopic (exact) mass is 513 g/mol. The van der Waals surface area contributed by atoms with Crippen LogP contribution in [0.25, 0.3) is 10.9 Å². The molecule has 0 unspecified atom stereocenters. The second kappa shape index (κ2) is 12.1. The lowest BCUT2D eigenvalue weighted by Gasteiger charge is -2.11. The van der Waals surface area contributed by atoms with Gasteiger partial charge in [-0.05, 0) is 31.0 Å². The molecule has 27 heavy (non-hydrogen) atoms. The summed E-state index contributed by atoms with van der Waals surface area (Å²) in [6.45, 7) is 4.45. The van der Waals surface area contributed by atoms with Crippen molar-refractivity contribution in [1.29, 1.82) is 0 Å². The number of fused-ring (bicyclic) bond motifs is 1. The molecule has 5 nitrogen and oxygen atoms in total. The van der Waals surface area contributed by atoms with Crippen molar-refractivity contribution in [3.8, 4) is 0 Å². The van der Waals surface area contributed by atoms with Crippen LogP contribution < -0.4 is 10.6 Å². The van der Waals surface area contributed by atoms with Gasteiger partial charge in [-0.3, -0.25) is 4.98 Å². The number of nitrogens with zero attached hydrogens (tertiary/aromatic N) is 3. The first-order chi connectivity index (χ1) is 12.9. The molecule has 0 atom stereocenters. The second-order valence-electron chi connectivity index (χ2n) is 5.61. The molecule has 0 aliphatic carbocycles. The van der Waals surface area contributed by atoms with E-state index in [1.54, 1.807) is 23.1 Å². The maximum absolute atomic E-state index is 4.73. The summed E-state index contributed by atoms with van der Waals surface area (Å²) in [7, 11) is 0. The Kier molecular flexibility index (Phi) is 9.85. The van der Waals surface area contributed by atoms with Crippen molar-refractivity contribution < 1.29 is 0 Å². The van der Waals surface area contributed by atoms with E-state index in [0.29, 0.717) is 6.54 Å². The molecule has 2 N–H and O–H groups in total. The van der Waals surface area contributed by atoms with E-state index in [0.717, 1.165) is 46.5 Å². The lowest BCUT2D eigenvalue weighted by molar-refractivity contribution is 0.790. The lowest BCUT2D eigenvalue weighted by Crippen LogP contribution is -2.37. The number of halogens is 1. The summed E-state index contributed by atoms with van der Waals surface area (Å²) in [5.41, 5.74) is 2.20. The number of hydrogen-bond acceptors (Lipinski definition) is 5. The number of hydrogen-bond donors (Lipinski definition) is 2. The molecule has 144 valence electrons. The Morgan fingerprint density at radius 2 is 2.04 bits per heavy atom. The van der Waals surface area contributed by atoms with Crippen molar-refractivity contribution in [3.63, 3.8) is 0 Å². The Morgan fingerprint density at radius 3 is 2.85 bits per heavy atom. The van der Waals surface area contributed by atoms with Crippen LogP contribution in [0.1, 0.15) is 18.9 Å². The number of para-hydroxylation sites is 1. The number of aromatic nitrogens is 2. The van der Waals surface area contributed by atoms with Gasteiger partial charge in [0.1, 0.15) is 4.34 Å². The van der Waals surface area contributed by atoms with E-state index in [1.807, 2.05) is 42.0 Å². The van der Waals surface area contributed by atoms with Gasteiger partial charge in [-0.2, -0.15) is 0 Å². The van der Waals surface area contributed by atoms with Crippen molar-refractivity contribution in [3.05, 3.63) is 53.7 Å². The first-order valence-corrected chi connectivity index (χ1v) is 10.6. The Labute approximate surface area is 185 Å². The summed E-state index contributed by atoms with van der Waals surface area (Å²) in [5, 5.41) is 9.90. The smallest absolute Gasteiger partial charge is 0.191 e. The molecular formula is C19H24IN5S2. The Balaban J connectivity index is 0.00000261. The molecule has 0 bridgehead atoms. The molecule has 2 aromatic heterocycles. The van der Waals surface area contributed by atoms with Crippen LogP contribution in [0.2, 0.25) is 0 Å². The predicted octanol–water partition coefficient (Wildman–Crippen LogP) is 4.55. The molecule has 0 amide bonds. The Hall–Kier alpha value is -1.39. The van der Waals surface area contributed by atoms with E-state index in [-0.39, 0.29) is 24.0 Å². The number of benzene rings is 1. The van der Waals surface area contributed by atoms with Crippen molar-refractivity contribution in [2.75, 3.05) is 18.8 Å². The van der Waals surface area contributed by atoms with Crippen LogP contribution in [-0.2, 0) is 6.54 Å². The molecule has 0 radical (unpaired) electrons. The zero-order valence-electron chi connectivity index (χ0n) is 15.2. The van der Waals surface area contributed by atoms with Crippen LogP contribution in [0.15, 0.2) is 57.4 Å².